The van der Waals surface area contributed by atoms with E-state index in [0.29, 0.717) is 23.2 Å². The van der Waals surface area contributed by atoms with Crippen LogP contribution in [0.15, 0.2) is 18.2 Å². The summed E-state index contributed by atoms with van der Waals surface area (Å²) in [4.78, 5) is 19.6. The molecular formula is C13H14Cl2N2O2. The van der Waals surface area contributed by atoms with E-state index in [1.54, 1.807) is 25.1 Å². The lowest BCUT2D eigenvalue weighted by molar-refractivity contribution is 0.0526. The molecule has 1 heterocycles. The fraction of sp³-hybridized carbons (Fsp3) is 0.308. The second-order valence-corrected chi connectivity index (χ2v) is 3.95. The Morgan fingerprint density at radius 1 is 1.16 bits per heavy atom. The molecule has 0 amide bonds. The van der Waals surface area contributed by atoms with Crippen molar-refractivity contribution in [2.45, 2.75) is 20.8 Å². The van der Waals surface area contributed by atoms with Crippen LogP contribution in [0.2, 0.25) is 10.3 Å². The topological polar surface area (TPSA) is 52.1 Å². The fourth-order valence-corrected chi connectivity index (χ4v) is 1.62. The van der Waals surface area contributed by atoms with Crippen molar-refractivity contribution in [1.29, 1.82) is 0 Å². The molecule has 0 atom stereocenters. The molecule has 4 nitrogen and oxygen atoms in total. The first-order chi connectivity index (χ1) is 9.11. The molecule has 0 fully saturated rings. The maximum absolute atomic E-state index is 11.5. The van der Waals surface area contributed by atoms with Crippen LogP contribution in [0.25, 0.3) is 11.0 Å². The molecule has 19 heavy (non-hydrogen) atoms. The molecule has 2 aromatic rings. The minimum absolute atomic E-state index is 0.111. The lowest BCUT2D eigenvalue weighted by Crippen LogP contribution is -2.04. The van der Waals surface area contributed by atoms with Crippen LogP contribution in [-0.4, -0.2) is 22.5 Å². The normalized spacial score (nSPS) is 9.74. The number of carbonyl (C=O) groups excluding carboxylic acids is 1. The van der Waals surface area contributed by atoms with Crippen LogP contribution in [0.1, 0.15) is 31.1 Å². The number of halogens is 2. The first-order valence-electron chi connectivity index (χ1n) is 5.91. The summed E-state index contributed by atoms with van der Waals surface area (Å²) < 4.78 is 4.88. The van der Waals surface area contributed by atoms with Gasteiger partial charge in [0.2, 0.25) is 0 Å². The van der Waals surface area contributed by atoms with E-state index < -0.39 is 5.97 Å². The van der Waals surface area contributed by atoms with E-state index in [4.69, 9.17) is 27.9 Å². The van der Waals surface area contributed by atoms with Gasteiger partial charge in [0, 0.05) is 0 Å². The van der Waals surface area contributed by atoms with Crippen molar-refractivity contribution in [2.75, 3.05) is 6.61 Å². The van der Waals surface area contributed by atoms with Crippen molar-refractivity contribution in [3.05, 3.63) is 34.1 Å². The molecule has 6 heteroatoms. The van der Waals surface area contributed by atoms with Crippen LogP contribution in [0, 0.1) is 0 Å². The van der Waals surface area contributed by atoms with E-state index in [0.717, 1.165) is 0 Å². The molecule has 1 aromatic heterocycles. The Labute approximate surface area is 121 Å². The molecule has 0 saturated heterocycles. The van der Waals surface area contributed by atoms with Crippen LogP contribution in [-0.2, 0) is 4.74 Å². The number of ether oxygens (including phenoxy) is 1. The third-order valence-electron chi connectivity index (χ3n) is 2.09. The minimum Gasteiger partial charge on any atom is -0.462 e. The molecule has 0 aliphatic heterocycles. The maximum Gasteiger partial charge on any atom is 0.338 e. The molecule has 0 N–H and O–H groups in total. The van der Waals surface area contributed by atoms with Gasteiger partial charge < -0.3 is 4.74 Å². The van der Waals surface area contributed by atoms with Crippen LogP contribution < -0.4 is 0 Å². The number of hydrogen-bond donors (Lipinski definition) is 0. The van der Waals surface area contributed by atoms with Gasteiger partial charge in [0.15, 0.2) is 10.3 Å². The van der Waals surface area contributed by atoms with Gasteiger partial charge in [-0.25, -0.2) is 14.8 Å². The number of aromatic nitrogens is 2. The zero-order valence-corrected chi connectivity index (χ0v) is 12.4. The summed E-state index contributed by atoms with van der Waals surface area (Å²) in [6.07, 6.45) is 0. The Morgan fingerprint density at radius 2 is 1.74 bits per heavy atom. The van der Waals surface area contributed by atoms with Crippen molar-refractivity contribution >= 4 is 40.2 Å². The van der Waals surface area contributed by atoms with Crippen LogP contribution in [0.5, 0.6) is 0 Å². The summed E-state index contributed by atoms with van der Waals surface area (Å²) in [5, 5.41) is 0.253. The molecule has 0 aliphatic carbocycles. The van der Waals surface area contributed by atoms with Gasteiger partial charge in [0.25, 0.3) is 0 Å². The molecule has 0 spiro atoms. The molecule has 0 radical (unpaired) electrons. The first kappa shape index (κ1) is 15.7. The van der Waals surface area contributed by atoms with Gasteiger partial charge >= 0.3 is 5.97 Å². The van der Waals surface area contributed by atoms with Crippen molar-refractivity contribution in [1.82, 2.24) is 9.97 Å². The van der Waals surface area contributed by atoms with Crippen molar-refractivity contribution in [3.8, 4) is 0 Å². The highest BCUT2D eigenvalue weighted by Gasteiger charge is 2.10. The average molecular weight is 301 g/mol. The summed E-state index contributed by atoms with van der Waals surface area (Å²) in [6.45, 7) is 6.07. The monoisotopic (exact) mass is 300 g/mol. The van der Waals surface area contributed by atoms with Crippen LogP contribution >= 0.6 is 23.2 Å². The van der Waals surface area contributed by atoms with Crippen molar-refractivity contribution in [3.63, 3.8) is 0 Å². The van der Waals surface area contributed by atoms with Gasteiger partial charge in [-0.1, -0.05) is 37.0 Å². The summed E-state index contributed by atoms with van der Waals surface area (Å²) in [6, 6.07) is 4.83. The first-order valence-corrected chi connectivity index (χ1v) is 6.67. The van der Waals surface area contributed by atoms with Gasteiger partial charge in [-0.3, -0.25) is 0 Å². The van der Waals surface area contributed by atoms with Crippen LogP contribution in [0.3, 0.4) is 0 Å². The number of hydrogen-bond acceptors (Lipinski definition) is 4. The molecule has 0 saturated carbocycles. The summed E-state index contributed by atoms with van der Waals surface area (Å²) in [7, 11) is 0. The molecule has 0 aliphatic rings. The smallest absolute Gasteiger partial charge is 0.338 e. The zero-order valence-electron chi connectivity index (χ0n) is 10.9. The van der Waals surface area contributed by atoms with E-state index in [-0.39, 0.29) is 10.3 Å². The van der Waals surface area contributed by atoms with E-state index in [1.807, 2.05) is 13.8 Å². The average Bonchev–Trinajstić information content (AvgIpc) is 2.42. The molecule has 0 unspecified atom stereocenters. The fourth-order valence-electron chi connectivity index (χ4n) is 1.35. The Balaban J connectivity index is 0.000000861. The Bertz CT molecular complexity index is 588. The SMILES string of the molecule is CC.CCOC(=O)c1ccc2nc(Cl)c(Cl)nc2c1. The highest BCUT2D eigenvalue weighted by Crippen LogP contribution is 2.21. The zero-order chi connectivity index (χ0) is 14.4. The second-order valence-electron chi connectivity index (χ2n) is 3.23. The maximum atomic E-state index is 11.5. The van der Waals surface area contributed by atoms with E-state index in [1.165, 1.54) is 0 Å². The predicted molar refractivity (Wildman–Crippen MR) is 76.9 cm³/mol. The van der Waals surface area contributed by atoms with Gasteiger partial charge in [0.05, 0.1) is 23.2 Å². The Morgan fingerprint density at radius 3 is 2.32 bits per heavy atom. The number of benzene rings is 1. The molecule has 2 rings (SSSR count). The number of nitrogens with zero attached hydrogens (tertiary/aromatic N) is 2. The molecular weight excluding hydrogens is 287 g/mol. The standard InChI is InChI=1S/C11H8Cl2N2O2.C2H6/c1-2-17-11(16)6-3-4-7-8(5-6)15-10(13)9(12)14-7;1-2/h3-5H,2H2,1H3;1-2H3. The summed E-state index contributed by atoms with van der Waals surface area (Å²) >= 11 is 11.5. The predicted octanol–water partition coefficient (Wildman–Crippen LogP) is 4.14. The second kappa shape index (κ2) is 7.26. The van der Waals surface area contributed by atoms with E-state index >= 15 is 0 Å². The Kier molecular flexibility index (Phi) is 5.99. The van der Waals surface area contributed by atoms with Gasteiger partial charge in [-0.05, 0) is 25.1 Å². The summed E-state index contributed by atoms with van der Waals surface area (Å²) in [5.74, 6) is -0.401. The quantitative estimate of drug-likeness (QED) is 0.782. The van der Waals surface area contributed by atoms with E-state index in [9.17, 15) is 4.79 Å². The van der Waals surface area contributed by atoms with E-state index in [2.05, 4.69) is 9.97 Å². The third kappa shape index (κ3) is 3.78. The highest BCUT2D eigenvalue weighted by molar-refractivity contribution is 6.40. The third-order valence-corrected chi connectivity index (χ3v) is 2.72. The number of fused-ring (bicyclic) bond motifs is 1. The van der Waals surface area contributed by atoms with Crippen LogP contribution in [0.4, 0.5) is 0 Å². The van der Waals surface area contributed by atoms with Crippen molar-refractivity contribution < 1.29 is 9.53 Å². The molecule has 0 bridgehead atoms. The number of carbonyl (C=O) groups is 1. The van der Waals surface area contributed by atoms with Crippen molar-refractivity contribution in [2.24, 2.45) is 0 Å². The number of esters is 1. The largest absolute Gasteiger partial charge is 0.462 e. The van der Waals surface area contributed by atoms with Gasteiger partial charge in [-0.2, -0.15) is 0 Å². The molecule has 1 aromatic carbocycles. The van der Waals surface area contributed by atoms with Gasteiger partial charge in [0.1, 0.15) is 0 Å². The lowest BCUT2D eigenvalue weighted by atomic mass is 10.2. The number of rotatable bonds is 2. The van der Waals surface area contributed by atoms with Gasteiger partial charge in [-0.15, -0.1) is 0 Å². The highest BCUT2D eigenvalue weighted by atomic mass is 35.5. The Hall–Kier alpha value is -1.39. The summed E-state index contributed by atoms with van der Waals surface area (Å²) in [5.41, 5.74) is 1.49. The minimum atomic E-state index is -0.401. The lowest BCUT2D eigenvalue weighted by Gasteiger charge is -2.03. The molecule has 102 valence electrons.